The van der Waals surface area contributed by atoms with Gasteiger partial charge in [0.15, 0.2) is 11.5 Å². The highest BCUT2D eigenvalue weighted by atomic mass is 16.5. The van der Waals surface area contributed by atoms with Crippen LogP contribution in [0.15, 0.2) is 18.2 Å². The van der Waals surface area contributed by atoms with Gasteiger partial charge in [0.2, 0.25) is 0 Å². The molecule has 0 N–H and O–H groups in total. The van der Waals surface area contributed by atoms with Crippen molar-refractivity contribution in [2.45, 2.75) is 53.9 Å². The Labute approximate surface area is 128 Å². The molecule has 118 valence electrons. The first-order valence-electron chi connectivity index (χ1n) is 7.80. The van der Waals surface area contributed by atoms with Crippen molar-refractivity contribution < 1.29 is 14.3 Å². The normalized spacial score (nSPS) is 11.3. The predicted octanol–water partition coefficient (Wildman–Crippen LogP) is 4.42. The van der Waals surface area contributed by atoms with Crippen molar-refractivity contribution in [3.63, 3.8) is 0 Å². The Bertz CT molecular complexity index is 458. The Morgan fingerprint density at radius 3 is 2.38 bits per heavy atom. The molecular formula is C18H28O3. The van der Waals surface area contributed by atoms with Crippen LogP contribution in [0.5, 0.6) is 11.5 Å². The summed E-state index contributed by atoms with van der Waals surface area (Å²) in [6, 6.07) is 5.95. The Hall–Kier alpha value is -1.51. The number of carbonyl (C=O) groups is 1. The summed E-state index contributed by atoms with van der Waals surface area (Å²) in [5, 5.41) is 0. The van der Waals surface area contributed by atoms with Crippen molar-refractivity contribution in [1.82, 2.24) is 0 Å². The lowest BCUT2D eigenvalue weighted by Gasteiger charge is -2.17. The number of benzene rings is 1. The van der Waals surface area contributed by atoms with Gasteiger partial charge in [-0.3, -0.25) is 4.79 Å². The standard InChI is InChI=1S/C18H28O3/c1-6-12-21-15-10-8-14(13-16(15)20-7-2)9-11-17(19)18(3,4)5/h8,10,13H,6-7,9,11-12H2,1-5H3. The van der Waals surface area contributed by atoms with Gasteiger partial charge < -0.3 is 9.47 Å². The van der Waals surface area contributed by atoms with Gasteiger partial charge >= 0.3 is 0 Å². The molecule has 0 aliphatic rings. The Kier molecular flexibility index (Phi) is 6.73. The maximum Gasteiger partial charge on any atom is 0.161 e. The zero-order valence-electron chi connectivity index (χ0n) is 14.0. The van der Waals surface area contributed by atoms with E-state index in [1.165, 1.54) is 0 Å². The maximum atomic E-state index is 12.0. The number of hydrogen-bond donors (Lipinski definition) is 0. The topological polar surface area (TPSA) is 35.5 Å². The van der Waals surface area contributed by atoms with Crippen molar-refractivity contribution >= 4 is 5.78 Å². The van der Waals surface area contributed by atoms with Crippen LogP contribution in [0.3, 0.4) is 0 Å². The third-order valence-electron chi connectivity index (χ3n) is 3.25. The van der Waals surface area contributed by atoms with Crippen LogP contribution in [0.25, 0.3) is 0 Å². The van der Waals surface area contributed by atoms with Crippen LogP contribution in [-0.4, -0.2) is 19.0 Å². The molecule has 0 aromatic heterocycles. The van der Waals surface area contributed by atoms with Crippen LogP contribution in [0.2, 0.25) is 0 Å². The number of aryl methyl sites for hydroxylation is 1. The van der Waals surface area contributed by atoms with Crippen LogP contribution in [0.1, 0.15) is 53.0 Å². The molecule has 0 radical (unpaired) electrons. The van der Waals surface area contributed by atoms with Gasteiger partial charge in [0.1, 0.15) is 5.78 Å². The summed E-state index contributed by atoms with van der Waals surface area (Å²) in [7, 11) is 0. The minimum absolute atomic E-state index is 0.271. The van der Waals surface area contributed by atoms with Crippen LogP contribution >= 0.6 is 0 Å². The van der Waals surface area contributed by atoms with Crippen molar-refractivity contribution in [3.05, 3.63) is 23.8 Å². The second kappa shape index (κ2) is 8.06. The molecule has 0 aliphatic carbocycles. The van der Waals surface area contributed by atoms with Gasteiger partial charge in [-0.2, -0.15) is 0 Å². The SMILES string of the molecule is CCCOc1ccc(CCC(=O)C(C)(C)C)cc1OCC. The number of ketones is 1. The average Bonchev–Trinajstić information content (AvgIpc) is 2.43. The molecule has 0 spiro atoms. The Morgan fingerprint density at radius 1 is 1.10 bits per heavy atom. The third kappa shape index (κ3) is 5.78. The molecule has 1 aromatic carbocycles. The number of rotatable bonds is 8. The number of Topliss-reactive ketones (excluding diaryl/α,β-unsaturated/α-hetero) is 1. The quantitative estimate of drug-likeness (QED) is 0.711. The highest BCUT2D eigenvalue weighted by Crippen LogP contribution is 2.29. The lowest BCUT2D eigenvalue weighted by molar-refractivity contribution is -0.126. The smallest absolute Gasteiger partial charge is 0.161 e. The van der Waals surface area contributed by atoms with Crippen LogP contribution in [0, 0.1) is 5.41 Å². The lowest BCUT2D eigenvalue weighted by atomic mass is 9.87. The molecule has 3 heteroatoms. The van der Waals surface area contributed by atoms with E-state index < -0.39 is 0 Å². The molecule has 0 fully saturated rings. The molecule has 0 aliphatic heterocycles. The summed E-state index contributed by atoms with van der Waals surface area (Å²) in [6.07, 6.45) is 2.27. The Morgan fingerprint density at radius 2 is 1.81 bits per heavy atom. The highest BCUT2D eigenvalue weighted by molar-refractivity contribution is 5.83. The van der Waals surface area contributed by atoms with E-state index in [1.54, 1.807) is 0 Å². The number of ether oxygens (including phenoxy) is 2. The first kappa shape index (κ1) is 17.5. The van der Waals surface area contributed by atoms with Crippen molar-refractivity contribution in [3.8, 4) is 11.5 Å². The molecule has 3 nitrogen and oxygen atoms in total. The molecular weight excluding hydrogens is 264 g/mol. The van der Waals surface area contributed by atoms with E-state index >= 15 is 0 Å². The van der Waals surface area contributed by atoms with Gasteiger partial charge in [0.25, 0.3) is 0 Å². The minimum Gasteiger partial charge on any atom is -0.490 e. The first-order valence-corrected chi connectivity index (χ1v) is 7.80. The number of hydrogen-bond acceptors (Lipinski definition) is 3. The van der Waals surface area contributed by atoms with Gasteiger partial charge in [0, 0.05) is 11.8 Å². The summed E-state index contributed by atoms with van der Waals surface area (Å²) in [5.41, 5.74) is 0.840. The van der Waals surface area contributed by atoms with Gasteiger partial charge in [-0.1, -0.05) is 33.8 Å². The largest absolute Gasteiger partial charge is 0.490 e. The second-order valence-electron chi connectivity index (χ2n) is 6.24. The third-order valence-corrected chi connectivity index (χ3v) is 3.25. The molecule has 21 heavy (non-hydrogen) atoms. The average molecular weight is 292 g/mol. The fourth-order valence-corrected chi connectivity index (χ4v) is 1.94. The van der Waals surface area contributed by atoms with E-state index in [9.17, 15) is 4.79 Å². The summed E-state index contributed by atoms with van der Waals surface area (Å²) >= 11 is 0. The summed E-state index contributed by atoms with van der Waals surface area (Å²) in [6.45, 7) is 11.2. The van der Waals surface area contributed by atoms with E-state index in [1.807, 2.05) is 45.9 Å². The van der Waals surface area contributed by atoms with Crippen molar-refractivity contribution in [2.75, 3.05) is 13.2 Å². The van der Waals surface area contributed by atoms with Gasteiger partial charge in [-0.25, -0.2) is 0 Å². The van der Waals surface area contributed by atoms with E-state index in [2.05, 4.69) is 6.92 Å². The summed E-state index contributed by atoms with van der Waals surface area (Å²) in [4.78, 5) is 12.0. The first-order chi connectivity index (χ1) is 9.88. The second-order valence-corrected chi connectivity index (χ2v) is 6.24. The summed E-state index contributed by atoms with van der Waals surface area (Å²) in [5.74, 6) is 1.84. The fraction of sp³-hybridized carbons (Fsp3) is 0.611. The van der Waals surface area contributed by atoms with Crippen LogP contribution in [-0.2, 0) is 11.2 Å². The molecule has 0 amide bonds. The molecule has 1 aromatic rings. The van der Waals surface area contributed by atoms with Crippen molar-refractivity contribution in [2.24, 2.45) is 5.41 Å². The van der Waals surface area contributed by atoms with E-state index in [0.717, 1.165) is 29.9 Å². The molecule has 0 bridgehead atoms. The van der Waals surface area contributed by atoms with Gasteiger partial charge in [0.05, 0.1) is 13.2 Å². The van der Waals surface area contributed by atoms with E-state index in [0.29, 0.717) is 19.6 Å². The minimum atomic E-state index is -0.271. The molecule has 0 atom stereocenters. The molecule has 0 heterocycles. The maximum absolute atomic E-state index is 12.0. The highest BCUT2D eigenvalue weighted by Gasteiger charge is 2.20. The lowest BCUT2D eigenvalue weighted by Crippen LogP contribution is -2.20. The molecule has 0 saturated carbocycles. The van der Waals surface area contributed by atoms with Crippen LogP contribution in [0.4, 0.5) is 0 Å². The molecule has 0 saturated heterocycles. The fourth-order valence-electron chi connectivity index (χ4n) is 1.94. The van der Waals surface area contributed by atoms with E-state index in [-0.39, 0.29) is 11.2 Å². The Balaban J connectivity index is 2.75. The van der Waals surface area contributed by atoms with Gasteiger partial charge in [-0.15, -0.1) is 0 Å². The van der Waals surface area contributed by atoms with E-state index in [4.69, 9.17) is 9.47 Å². The predicted molar refractivity (Wildman–Crippen MR) is 86.2 cm³/mol. The zero-order valence-corrected chi connectivity index (χ0v) is 14.0. The zero-order chi connectivity index (χ0) is 15.9. The number of carbonyl (C=O) groups excluding carboxylic acids is 1. The van der Waals surface area contributed by atoms with Crippen LogP contribution < -0.4 is 9.47 Å². The summed E-state index contributed by atoms with van der Waals surface area (Å²) < 4.78 is 11.3. The molecule has 0 unspecified atom stereocenters. The van der Waals surface area contributed by atoms with Gasteiger partial charge in [-0.05, 0) is 37.5 Å². The van der Waals surface area contributed by atoms with Crippen molar-refractivity contribution in [1.29, 1.82) is 0 Å². The monoisotopic (exact) mass is 292 g/mol. The molecule has 1 rings (SSSR count).